The largest absolute Gasteiger partial charge is 0.312 e. The van der Waals surface area contributed by atoms with Gasteiger partial charge in [0.25, 0.3) is 0 Å². The molecular weight excluding hydrogens is 308 g/mol. The second-order valence-corrected chi connectivity index (χ2v) is 8.02. The number of nitrogens with zero attached hydrogens (tertiary/aromatic N) is 2. The average molecular weight is 332 g/mol. The smallest absolute Gasteiger partial charge is 0.243 e. The number of nitrogens with one attached hydrogen (secondary N) is 2. The van der Waals surface area contributed by atoms with Crippen LogP contribution in [0.5, 0.6) is 0 Å². The summed E-state index contributed by atoms with van der Waals surface area (Å²) in [6, 6.07) is 0.659. The lowest BCUT2D eigenvalue weighted by Gasteiger charge is -2.04. The van der Waals surface area contributed by atoms with Crippen LogP contribution in [-0.4, -0.2) is 49.3 Å². The van der Waals surface area contributed by atoms with Gasteiger partial charge in [0.15, 0.2) is 0 Å². The minimum atomic E-state index is -3.42. The lowest BCUT2D eigenvalue weighted by atomic mass is 10.3. The fraction of sp³-hybridized carbons (Fsp3) is 0.769. The van der Waals surface area contributed by atoms with Gasteiger partial charge in [0, 0.05) is 25.3 Å². The van der Waals surface area contributed by atoms with Crippen LogP contribution in [-0.2, 0) is 16.6 Å². The van der Waals surface area contributed by atoms with E-state index >= 15 is 0 Å². The van der Waals surface area contributed by atoms with E-state index in [0.29, 0.717) is 19.1 Å². The molecular formula is C13H24N4O2S2. The fourth-order valence-corrected chi connectivity index (χ4v) is 3.46. The molecule has 0 aliphatic heterocycles. The number of aromatic nitrogens is 2. The van der Waals surface area contributed by atoms with Crippen molar-refractivity contribution < 1.29 is 8.42 Å². The van der Waals surface area contributed by atoms with Crippen LogP contribution in [0.15, 0.2) is 17.3 Å². The zero-order valence-electron chi connectivity index (χ0n) is 12.4. The molecule has 0 aromatic carbocycles. The lowest BCUT2D eigenvalue weighted by Crippen LogP contribution is -2.24. The first kappa shape index (κ1) is 16.8. The molecule has 1 aliphatic carbocycles. The summed E-state index contributed by atoms with van der Waals surface area (Å²) in [4.78, 5) is 0.249. The highest BCUT2D eigenvalue weighted by Crippen LogP contribution is 2.18. The zero-order valence-corrected chi connectivity index (χ0v) is 14.0. The van der Waals surface area contributed by atoms with Crippen molar-refractivity contribution in [2.24, 2.45) is 0 Å². The Bertz CT molecular complexity index is 526. The van der Waals surface area contributed by atoms with Crippen molar-refractivity contribution in [2.45, 2.75) is 43.2 Å². The quantitative estimate of drug-likeness (QED) is 0.593. The van der Waals surface area contributed by atoms with E-state index in [9.17, 15) is 8.42 Å². The summed E-state index contributed by atoms with van der Waals surface area (Å²) in [5.74, 6) is 1.06. The minimum Gasteiger partial charge on any atom is -0.312 e. The van der Waals surface area contributed by atoms with Crippen molar-refractivity contribution in [1.29, 1.82) is 0 Å². The molecule has 0 spiro atoms. The molecule has 1 aromatic heterocycles. The third-order valence-corrected chi connectivity index (χ3v) is 5.45. The van der Waals surface area contributed by atoms with Crippen LogP contribution in [0.25, 0.3) is 0 Å². The Morgan fingerprint density at radius 2 is 2.19 bits per heavy atom. The number of hydrogen-bond acceptors (Lipinski definition) is 5. The maximum Gasteiger partial charge on any atom is 0.243 e. The van der Waals surface area contributed by atoms with Gasteiger partial charge in [0.2, 0.25) is 10.0 Å². The molecule has 0 unspecified atom stereocenters. The van der Waals surface area contributed by atoms with E-state index in [1.54, 1.807) is 22.6 Å². The van der Waals surface area contributed by atoms with Crippen molar-refractivity contribution >= 4 is 21.8 Å². The van der Waals surface area contributed by atoms with Crippen LogP contribution >= 0.6 is 11.8 Å². The van der Waals surface area contributed by atoms with E-state index in [1.807, 2.05) is 0 Å². The van der Waals surface area contributed by atoms with Crippen molar-refractivity contribution in [1.82, 2.24) is 19.8 Å². The molecule has 1 aromatic rings. The van der Waals surface area contributed by atoms with Crippen LogP contribution in [0.3, 0.4) is 0 Å². The molecule has 0 amide bonds. The molecule has 1 aliphatic rings. The number of rotatable bonds is 11. The summed E-state index contributed by atoms with van der Waals surface area (Å²) in [5, 5.41) is 7.49. The van der Waals surface area contributed by atoms with Gasteiger partial charge in [0.05, 0.1) is 12.7 Å². The minimum absolute atomic E-state index is 0.249. The molecule has 2 N–H and O–H groups in total. The van der Waals surface area contributed by atoms with Gasteiger partial charge < -0.3 is 5.32 Å². The van der Waals surface area contributed by atoms with Crippen molar-refractivity contribution in [2.75, 3.05) is 25.1 Å². The Kier molecular flexibility index (Phi) is 6.53. The van der Waals surface area contributed by atoms with E-state index in [-0.39, 0.29) is 4.90 Å². The first-order valence-corrected chi connectivity index (χ1v) is 10.2. The number of thioether (sulfide) groups is 1. The third kappa shape index (κ3) is 5.98. The summed E-state index contributed by atoms with van der Waals surface area (Å²) >= 11 is 1.78. The van der Waals surface area contributed by atoms with E-state index < -0.39 is 10.0 Å². The molecule has 120 valence electrons. The first-order valence-electron chi connectivity index (χ1n) is 7.36. The van der Waals surface area contributed by atoms with Crippen molar-refractivity contribution in [3.63, 3.8) is 0 Å². The molecule has 0 radical (unpaired) electrons. The highest BCUT2D eigenvalue weighted by Gasteiger charge is 2.20. The van der Waals surface area contributed by atoms with Crippen molar-refractivity contribution in [3.05, 3.63) is 12.4 Å². The maximum atomic E-state index is 12.1. The fourth-order valence-electron chi connectivity index (χ4n) is 1.94. The Hall–Kier alpha value is -0.570. The summed E-state index contributed by atoms with van der Waals surface area (Å²) in [5.41, 5.74) is 0. The van der Waals surface area contributed by atoms with Crippen LogP contribution < -0.4 is 10.0 Å². The van der Waals surface area contributed by atoms with E-state index in [1.165, 1.54) is 19.0 Å². The molecule has 1 saturated carbocycles. The monoisotopic (exact) mass is 332 g/mol. The topological polar surface area (TPSA) is 76.0 Å². The molecule has 1 heterocycles. The number of hydrogen-bond donors (Lipinski definition) is 2. The van der Waals surface area contributed by atoms with E-state index in [2.05, 4.69) is 21.4 Å². The predicted molar refractivity (Wildman–Crippen MR) is 86.1 cm³/mol. The summed E-state index contributed by atoms with van der Waals surface area (Å²) < 4.78 is 28.5. The molecule has 0 bridgehead atoms. The number of unbranched alkanes of at least 4 members (excludes halogenated alkanes) is 1. The van der Waals surface area contributed by atoms with Gasteiger partial charge in [-0.3, -0.25) is 4.68 Å². The SMILES string of the molecule is CSCCCCNS(=O)(=O)c1cnn(CCNC2CC2)c1. The van der Waals surface area contributed by atoms with Crippen LogP contribution in [0.4, 0.5) is 0 Å². The molecule has 8 heteroatoms. The van der Waals surface area contributed by atoms with Gasteiger partial charge in [-0.15, -0.1) is 0 Å². The predicted octanol–water partition coefficient (Wildman–Crippen LogP) is 1.06. The van der Waals surface area contributed by atoms with Crippen LogP contribution in [0, 0.1) is 0 Å². The summed E-state index contributed by atoms with van der Waals surface area (Å²) in [7, 11) is -3.42. The highest BCUT2D eigenvalue weighted by molar-refractivity contribution is 7.98. The lowest BCUT2D eigenvalue weighted by molar-refractivity contribution is 0.551. The van der Waals surface area contributed by atoms with Crippen molar-refractivity contribution in [3.8, 4) is 0 Å². The summed E-state index contributed by atoms with van der Waals surface area (Å²) in [6.07, 6.45) is 9.45. The normalized spacial score (nSPS) is 15.5. The molecule has 1 fully saturated rings. The highest BCUT2D eigenvalue weighted by atomic mass is 32.2. The van der Waals surface area contributed by atoms with Gasteiger partial charge in [-0.05, 0) is 37.7 Å². The summed E-state index contributed by atoms with van der Waals surface area (Å²) in [6.45, 7) is 2.00. The van der Waals surface area contributed by atoms with Gasteiger partial charge in [0.1, 0.15) is 4.90 Å². The Balaban J connectivity index is 1.74. The second-order valence-electron chi connectivity index (χ2n) is 5.27. The maximum absolute atomic E-state index is 12.1. The third-order valence-electron chi connectivity index (χ3n) is 3.34. The van der Waals surface area contributed by atoms with Gasteiger partial charge in [-0.25, -0.2) is 13.1 Å². The van der Waals surface area contributed by atoms with Gasteiger partial charge in [-0.1, -0.05) is 0 Å². The van der Waals surface area contributed by atoms with Gasteiger partial charge >= 0.3 is 0 Å². The number of sulfonamides is 1. The van der Waals surface area contributed by atoms with Gasteiger partial charge in [-0.2, -0.15) is 16.9 Å². The van der Waals surface area contributed by atoms with Crippen LogP contribution in [0.1, 0.15) is 25.7 Å². The van der Waals surface area contributed by atoms with E-state index in [4.69, 9.17) is 0 Å². The molecule has 6 nitrogen and oxygen atoms in total. The molecule has 0 saturated heterocycles. The second kappa shape index (κ2) is 8.17. The standard InChI is InChI=1S/C13H24N4O2S2/c1-20-9-3-2-6-16-21(18,19)13-10-15-17(11-13)8-7-14-12-4-5-12/h10-12,14,16H,2-9H2,1H3. The molecule has 21 heavy (non-hydrogen) atoms. The van der Waals surface area contributed by atoms with Crippen LogP contribution in [0.2, 0.25) is 0 Å². The zero-order chi connectivity index (χ0) is 15.1. The van der Waals surface area contributed by atoms with E-state index in [0.717, 1.165) is 25.1 Å². The Morgan fingerprint density at radius 1 is 1.38 bits per heavy atom. The average Bonchev–Trinajstić information content (AvgIpc) is 3.14. The Labute approximate surface area is 131 Å². The first-order chi connectivity index (χ1) is 10.1. The Morgan fingerprint density at radius 3 is 2.90 bits per heavy atom. The molecule has 0 atom stereocenters. The molecule has 2 rings (SSSR count).